The normalized spacial score (nSPS) is 18.0. The largest absolute Gasteiger partial charge is 0.480 e. The van der Waals surface area contributed by atoms with E-state index in [1.807, 2.05) is 31.4 Å². The van der Waals surface area contributed by atoms with Crippen LogP contribution in [0.1, 0.15) is 25.7 Å². The van der Waals surface area contributed by atoms with Crippen molar-refractivity contribution < 1.29 is 9.47 Å². The zero-order valence-electron chi connectivity index (χ0n) is 17.8. The Bertz CT molecular complexity index is 1110. The number of methoxy groups -OCH3 is 1. The predicted octanol–water partition coefficient (Wildman–Crippen LogP) is 4.71. The van der Waals surface area contributed by atoms with Gasteiger partial charge >= 0.3 is 0 Å². The van der Waals surface area contributed by atoms with Gasteiger partial charge in [-0.15, -0.1) is 0 Å². The second-order valence-electron chi connectivity index (χ2n) is 8.49. The molecule has 1 saturated carbocycles. The monoisotopic (exact) mass is 421 g/mol. The van der Waals surface area contributed by atoms with E-state index in [1.165, 1.54) is 12.8 Å². The van der Waals surface area contributed by atoms with Gasteiger partial charge < -0.3 is 25.1 Å². The highest BCUT2D eigenvalue weighted by molar-refractivity contribution is 5.98. The first-order valence-electron chi connectivity index (χ1n) is 10.6. The van der Waals surface area contributed by atoms with Crippen LogP contribution >= 0.6 is 0 Å². The number of rotatable bonds is 6. The number of nitrogens with one attached hydrogen (secondary N) is 4. The Balaban J connectivity index is 1.43. The fraction of sp³-hybridized carbons (Fsp3) is 0.455. The first-order valence-corrected chi connectivity index (χ1v) is 10.6. The molecule has 2 aliphatic rings. The molecule has 2 fully saturated rings. The smallest absolute Gasteiger partial charge is 0.228 e. The van der Waals surface area contributed by atoms with Crippen molar-refractivity contribution in [3.63, 3.8) is 0 Å². The molecule has 1 spiro atoms. The Morgan fingerprint density at radius 2 is 2.06 bits per heavy atom. The molecule has 3 aromatic rings. The van der Waals surface area contributed by atoms with Gasteiger partial charge in [0.25, 0.3) is 0 Å². The van der Waals surface area contributed by atoms with Crippen molar-refractivity contribution >= 4 is 28.4 Å². The van der Waals surface area contributed by atoms with Gasteiger partial charge in [0, 0.05) is 30.3 Å². The first-order chi connectivity index (χ1) is 15.1. The predicted molar refractivity (Wildman–Crippen MR) is 119 cm³/mol. The van der Waals surface area contributed by atoms with E-state index in [9.17, 15) is 0 Å². The van der Waals surface area contributed by atoms with E-state index in [0.717, 1.165) is 53.9 Å². The minimum Gasteiger partial charge on any atom is -0.480 e. The Kier molecular flexibility index (Phi) is 4.97. The summed E-state index contributed by atoms with van der Waals surface area (Å²) in [6.45, 7) is 1.82. The van der Waals surface area contributed by atoms with Gasteiger partial charge in [-0.25, -0.2) is 5.53 Å². The highest BCUT2D eigenvalue weighted by Crippen LogP contribution is 2.43. The summed E-state index contributed by atoms with van der Waals surface area (Å²) in [6, 6.07) is 6.08. The van der Waals surface area contributed by atoms with Crippen molar-refractivity contribution in [1.82, 2.24) is 15.0 Å². The molecule has 1 saturated heterocycles. The minimum atomic E-state index is 0.363. The van der Waals surface area contributed by atoms with Crippen molar-refractivity contribution in [2.24, 2.45) is 10.5 Å². The van der Waals surface area contributed by atoms with Crippen molar-refractivity contribution in [1.29, 1.82) is 5.53 Å². The molecule has 0 unspecified atom stereocenters. The molecule has 162 valence electrons. The van der Waals surface area contributed by atoms with E-state index in [4.69, 9.17) is 20.0 Å². The Labute approximate surface area is 180 Å². The highest BCUT2D eigenvalue weighted by Gasteiger charge is 2.41. The van der Waals surface area contributed by atoms with Gasteiger partial charge in [-0.2, -0.15) is 15.1 Å². The summed E-state index contributed by atoms with van der Waals surface area (Å²) in [7, 11) is 3.44. The lowest BCUT2D eigenvalue weighted by molar-refractivity contribution is -0.131. The average Bonchev–Trinajstić information content (AvgIpc) is 3.21. The lowest BCUT2D eigenvalue weighted by Gasteiger charge is -2.46. The van der Waals surface area contributed by atoms with E-state index < -0.39 is 0 Å². The number of aromatic nitrogens is 3. The zero-order valence-corrected chi connectivity index (χ0v) is 17.8. The van der Waals surface area contributed by atoms with Crippen molar-refractivity contribution in [2.75, 3.05) is 38.0 Å². The van der Waals surface area contributed by atoms with E-state index in [1.54, 1.807) is 7.11 Å². The molecule has 4 N–H and O–H groups in total. The van der Waals surface area contributed by atoms with Gasteiger partial charge in [-0.05, 0) is 43.4 Å². The van der Waals surface area contributed by atoms with Crippen LogP contribution in [0.4, 0.5) is 17.3 Å². The third-order valence-corrected chi connectivity index (χ3v) is 6.59. The van der Waals surface area contributed by atoms with E-state index in [2.05, 4.69) is 25.7 Å². The summed E-state index contributed by atoms with van der Waals surface area (Å²) < 4.78 is 11.1. The first kappa shape index (κ1) is 19.7. The standard InChI is InChI=1S/C22H27N7O2/c1-24-17-9-13(3-4-16(17)29-23)15-10-25-19-18(15)20(30-2)28-21(27-19)26-14-5-7-22(8-6-14)11-31-12-22/h3-4,9-10,14,23-24H,5-8,11-12H2,1-2H3,(H2,25,26,27,28). The number of hydrogen-bond acceptors (Lipinski definition) is 8. The molecule has 0 amide bonds. The highest BCUT2D eigenvalue weighted by atomic mass is 16.5. The topological polar surface area (TPSA) is 120 Å². The molecule has 9 nitrogen and oxygen atoms in total. The second kappa shape index (κ2) is 7.81. The molecule has 1 aromatic carbocycles. The van der Waals surface area contributed by atoms with Crippen LogP contribution in [0.3, 0.4) is 0 Å². The summed E-state index contributed by atoms with van der Waals surface area (Å²) in [5.74, 6) is 1.12. The molecule has 3 heterocycles. The molecule has 5 rings (SSSR count). The molecule has 2 aromatic heterocycles. The molecule has 0 bridgehead atoms. The molecule has 31 heavy (non-hydrogen) atoms. The van der Waals surface area contributed by atoms with Gasteiger partial charge in [0.2, 0.25) is 11.8 Å². The van der Waals surface area contributed by atoms with Crippen molar-refractivity contribution in [2.45, 2.75) is 31.7 Å². The maximum absolute atomic E-state index is 7.32. The van der Waals surface area contributed by atoms with E-state index in [0.29, 0.717) is 29.0 Å². The molecular weight excluding hydrogens is 394 g/mol. The third-order valence-electron chi connectivity index (χ3n) is 6.59. The molecular formula is C22H27N7O2. The molecule has 9 heteroatoms. The van der Waals surface area contributed by atoms with Crippen LogP contribution in [0.25, 0.3) is 22.2 Å². The van der Waals surface area contributed by atoms with E-state index in [-0.39, 0.29) is 0 Å². The quantitative estimate of drug-likeness (QED) is 0.428. The number of H-pyrrole nitrogens is 1. The lowest BCUT2D eigenvalue weighted by atomic mass is 9.71. The van der Waals surface area contributed by atoms with Gasteiger partial charge in [-0.3, -0.25) is 0 Å². The van der Waals surface area contributed by atoms with Crippen LogP contribution < -0.4 is 15.4 Å². The van der Waals surface area contributed by atoms with Crippen LogP contribution in [0.2, 0.25) is 0 Å². The fourth-order valence-electron chi connectivity index (χ4n) is 4.68. The fourth-order valence-corrected chi connectivity index (χ4v) is 4.68. The van der Waals surface area contributed by atoms with Gasteiger partial charge in [0.1, 0.15) is 11.3 Å². The van der Waals surface area contributed by atoms with Crippen molar-refractivity contribution in [3.8, 4) is 17.0 Å². The maximum Gasteiger partial charge on any atom is 0.228 e. The number of benzene rings is 1. The molecule has 0 atom stereocenters. The lowest BCUT2D eigenvalue weighted by Crippen LogP contribution is -2.47. The summed E-state index contributed by atoms with van der Waals surface area (Å²) in [6.07, 6.45) is 6.49. The zero-order chi connectivity index (χ0) is 21.4. The Morgan fingerprint density at radius 3 is 2.71 bits per heavy atom. The molecule has 1 aliphatic heterocycles. The Hall–Kier alpha value is -3.20. The summed E-state index contributed by atoms with van der Waals surface area (Å²) in [5, 5.41) is 11.0. The number of aromatic amines is 1. The van der Waals surface area contributed by atoms with Crippen LogP contribution in [-0.4, -0.2) is 48.4 Å². The number of fused-ring (bicyclic) bond motifs is 1. The molecule has 1 aliphatic carbocycles. The summed E-state index contributed by atoms with van der Waals surface area (Å²) >= 11 is 0. The van der Waals surface area contributed by atoms with Gasteiger partial charge in [0.15, 0.2) is 0 Å². The number of ether oxygens (including phenoxy) is 2. The van der Waals surface area contributed by atoms with Crippen LogP contribution in [0, 0.1) is 10.9 Å². The Morgan fingerprint density at radius 1 is 1.26 bits per heavy atom. The van der Waals surface area contributed by atoms with Crippen LogP contribution in [-0.2, 0) is 4.74 Å². The number of anilines is 2. The number of hydrogen-bond donors (Lipinski definition) is 4. The van der Waals surface area contributed by atoms with Crippen LogP contribution in [0.5, 0.6) is 5.88 Å². The van der Waals surface area contributed by atoms with Crippen LogP contribution in [0.15, 0.2) is 29.5 Å². The number of nitrogens with zero attached hydrogens (tertiary/aromatic N) is 3. The van der Waals surface area contributed by atoms with Gasteiger partial charge in [0.05, 0.1) is 31.4 Å². The van der Waals surface area contributed by atoms with Crippen molar-refractivity contribution in [3.05, 3.63) is 24.4 Å². The average molecular weight is 422 g/mol. The minimum absolute atomic E-state index is 0.363. The molecule has 0 radical (unpaired) electrons. The van der Waals surface area contributed by atoms with E-state index >= 15 is 0 Å². The van der Waals surface area contributed by atoms with Gasteiger partial charge in [-0.1, -0.05) is 6.07 Å². The summed E-state index contributed by atoms with van der Waals surface area (Å²) in [5.41, 5.74) is 11.7. The second-order valence-corrected chi connectivity index (χ2v) is 8.49. The summed E-state index contributed by atoms with van der Waals surface area (Å²) in [4.78, 5) is 12.7. The maximum atomic E-state index is 7.32. The third kappa shape index (κ3) is 3.48. The SMILES string of the molecule is CNc1cc(-c2c[nH]c3nc(NC4CCC5(CC4)COC5)nc(OC)c23)ccc1N=N.